The van der Waals surface area contributed by atoms with Crippen molar-refractivity contribution >= 4 is 5.97 Å². The highest BCUT2D eigenvalue weighted by molar-refractivity contribution is 5.73. The van der Waals surface area contributed by atoms with Gasteiger partial charge in [-0.3, -0.25) is 4.79 Å². The Labute approximate surface area is 105 Å². The summed E-state index contributed by atoms with van der Waals surface area (Å²) < 4.78 is 7.37. The van der Waals surface area contributed by atoms with Crippen LogP contribution in [0.2, 0.25) is 0 Å². The average molecular weight is 254 g/mol. The summed E-state index contributed by atoms with van der Waals surface area (Å²) in [5, 5.41) is 16.6. The summed E-state index contributed by atoms with van der Waals surface area (Å²) in [6.45, 7) is 2.71. The zero-order valence-corrected chi connectivity index (χ0v) is 10.3. The minimum absolute atomic E-state index is 0.169. The SMILES string of the molecule is CC1CCC(Cn2cc(CC(N)C(=O)O)nn2)O1. The number of hydrogen-bond donors (Lipinski definition) is 2. The molecule has 2 heterocycles. The molecule has 1 fully saturated rings. The first-order chi connectivity index (χ1) is 8.54. The maximum Gasteiger partial charge on any atom is 0.320 e. The molecule has 1 saturated heterocycles. The number of ether oxygens (including phenoxy) is 1. The van der Waals surface area contributed by atoms with Crippen LogP contribution in [0, 0.1) is 0 Å². The Balaban J connectivity index is 1.88. The van der Waals surface area contributed by atoms with Crippen LogP contribution in [0.1, 0.15) is 25.5 Å². The van der Waals surface area contributed by atoms with Crippen molar-refractivity contribution in [2.75, 3.05) is 0 Å². The number of carboxylic acids is 1. The molecule has 0 amide bonds. The van der Waals surface area contributed by atoms with Crippen LogP contribution in [0.15, 0.2) is 6.20 Å². The fourth-order valence-corrected chi connectivity index (χ4v) is 2.06. The number of aromatic nitrogens is 3. The first-order valence-electron chi connectivity index (χ1n) is 6.07. The number of nitrogens with zero attached hydrogens (tertiary/aromatic N) is 3. The molecule has 0 aromatic carbocycles. The molecular formula is C11H18N4O3. The zero-order valence-electron chi connectivity index (χ0n) is 10.3. The highest BCUT2D eigenvalue weighted by atomic mass is 16.5. The topological polar surface area (TPSA) is 103 Å². The number of carboxylic acid groups (broad SMARTS) is 1. The van der Waals surface area contributed by atoms with Gasteiger partial charge in [0.2, 0.25) is 0 Å². The minimum Gasteiger partial charge on any atom is -0.480 e. The first-order valence-corrected chi connectivity index (χ1v) is 6.07. The summed E-state index contributed by atoms with van der Waals surface area (Å²) in [5.41, 5.74) is 6.03. The van der Waals surface area contributed by atoms with Gasteiger partial charge in [-0.15, -0.1) is 5.10 Å². The van der Waals surface area contributed by atoms with Gasteiger partial charge in [-0.25, -0.2) is 4.68 Å². The Bertz CT molecular complexity index is 420. The van der Waals surface area contributed by atoms with Gasteiger partial charge < -0.3 is 15.6 Å². The standard InChI is InChI=1S/C11H18N4O3/c1-7-2-3-9(18-7)6-15-5-8(13-14-15)4-10(12)11(16)17/h5,7,9-10H,2-4,6,12H2,1H3,(H,16,17). The van der Waals surface area contributed by atoms with E-state index in [0.717, 1.165) is 12.8 Å². The monoisotopic (exact) mass is 254 g/mol. The second kappa shape index (κ2) is 5.45. The lowest BCUT2D eigenvalue weighted by atomic mass is 10.2. The van der Waals surface area contributed by atoms with Gasteiger partial charge in [0.1, 0.15) is 6.04 Å². The Morgan fingerprint density at radius 1 is 1.72 bits per heavy atom. The van der Waals surface area contributed by atoms with E-state index < -0.39 is 12.0 Å². The maximum atomic E-state index is 10.6. The van der Waals surface area contributed by atoms with Crippen LogP contribution >= 0.6 is 0 Å². The number of nitrogens with two attached hydrogens (primary N) is 1. The van der Waals surface area contributed by atoms with Gasteiger partial charge in [-0.05, 0) is 19.8 Å². The van der Waals surface area contributed by atoms with Gasteiger partial charge >= 0.3 is 5.97 Å². The summed E-state index contributed by atoms with van der Waals surface area (Å²) in [4.78, 5) is 10.6. The van der Waals surface area contributed by atoms with E-state index in [1.807, 2.05) is 0 Å². The number of rotatable bonds is 5. The van der Waals surface area contributed by atoms with E-state index in [0.29, 0.717) is 18.3 Å². The van der Waals surface area contributed by atoms with E-state index in [1.165, 1.54) is 0 Å². The lowest BCUT2D eigenvalue weighted by molar-refractivity contribution is -0.138. The quantitative estimate of drug-likeness (QED) is 0.754. The fraction of sp³-hybridized carbons (Fsp3) is 0.727. The molecule has 7 heteroatoms. The summed E-state index contributed by atoms with van der Waals surface area (Å²) >= 11 is 0. The molecule has 0 bridgehead atoms. The van der Waals surface area contributed by atoms with Crippen LogP contribution in [-0.4, -0.2) is 44.3 Å². The predicted molar refractivity (Wildman–Crippen MR) is 62.9 cm³/mol. The largest absolute Gasteiger partial charge is 0.480 e. The molecule has 0 aliphatic carbocycles. The van der Waals surface area contributed by atoms with E-state index in [9.17, 15) is 4.79 Å². The second-order valence-corrected chi connectivity index (χ2v) is 4.73. The van der Waals surface area contributed by atoms with E-state index in [2.05, 4.69) is 17.2 Å². The highest BCUT2D eigenvalue weighted by Crippen LogP contribution is 2.20. The minimum atomic E-state index is -1.03. The van der Waals surface area contributed by atoms with Crippen molar-refractivity contribution in [1.29, 1.82) is 0 Å². The van der Waals surface area contributed by atoms with Crippen molar-refractivity contribution in [2.45, 2.75) is 51.0 Å². The fourth-order valence-electron chi connectivity index (χ4n) is 2.06. The molecule has 1 aliphatic rings. The normalized spacial score (nSPS) is 25.2. The zero-order chi connectivity index (χ0) is 13.1. The molecule has 1 aromatic heterocycles. The summed E-state index contributed by atoms with van der Waals surface area (Å²) in [7, 11) is 0. The van der Waals surface area contributed by atoms with Gasteiger partial charge in [0.05, 0.1) is 24.4 Å². The van der Waals surface area contributed by atoms with E-state index in [1.54, 1.807) is 10.9 Å². The van der Waals surface area contributed by atoms with Crippen molar-refractivity contribution in [1.82, 2.24) is 15.0 Å². The molecule has 0 saturated carbocycles. The molecular weight excluding hydrogens is 236 g/mol. The van der Waals surface area contributed by atoms with Gasteiger partial charge in [0.25, 0.3) is 0 Å². The Morgan fingerprint density at radius 3 is 3.11 bits per heavy atom. The summed E-state index contributed by atoms with van der Waals surface area (Å²) in [5.74, 6) is -1.03. The van der Waals surface area contributed by atoms with E-state index in [4.69, 9.17) is 15.6 Å². The lowest BCUT2D eigenvalue weighted by Crippen LogP contribution is -2.32. The van der Waals surface area contributed by atoms with Crippen LogP contribution in [0.4, 0.5) is 0 Å². The Hall–Kier alpha value is -1.47. The van der Waals surface area contributed by atoms with Crippen LogP contribution in [0.25, 0.3) is 0 Å². The van der Waals surface area contributed by atoms with Crippen molar-refractivity contribution in [3.63, 3.8) is 0 Å². The molecule has 7 nitrogen and oxygen atoms in total. The molecule has 1 aliphatic heterocycles. The van der Waals surface area contributed by atoms with Crippen LogP contribution in [0.3, 0.4) is 0 Å². The lowest BCUT2D eigenvalue weighted by Gasteiger charge is -2.09. The highest BCUT2D eigenvalue weighted by Gasteiger charge is 2.22. The molecule has 100 valence electrons. The molecule has 0 radical (unpaired) electrons. The molecule has 0 spiro atoms. The smallest absolute Gasteiger partial charge is 0.320 e. The van der Waals surface area contributed by atoms with E-state index >= 15 is 0 Å². The second-order valence-electron chi connectivity index (χ2n) is 4.73. The van der Waals surface area contributed by atoms with Gasteiger partial charge in [0.15, 0.2) is 0 Å². The Kier molecular flexibility index (Phi) is 3.93. The summed E-state index contributed by atoms with van der Waals surface area (Å²) in [6, 6.07) is -0.932. The van der Waals surface area contributed by atoms with Crippen LogP contribution < -0.4 is 5.73 Å². The molecule has 1 aromatic rings. The van der Waals surface area contributed by atoms with Crippen molar-refractivity contribution in [3.8, 4) is 0 Å². The van der Waals surface area contributed by atoms with Gasteiger partial charge in [-0.2, -0.15) is 0 Å². The maximum absolute atomic E-state index is 10.6. The Morgan fingerprint density at radius 2 is 2.50 bits per heavy atom. The number of aliphatic carboxylic acids is 1. The van der Waals surface area contributed by atoms with Crippen LogP contribution in [0.5, 0.6) is 0 Å². The van der Waals surface area contributed by atoms with Crippen LogP contribution in [-0.2, 0) is 22.5 Å². The average Bonchev–Trinajstić information content (AvgIpc) is 2.89. The molecule has 18 heavy (non-hydrogen) atoms. The molecule has 3 N–H and O–H groups in total. The third-order valence-electron chi connectivity index (χ3n) is 3.04. The third-order valence-corrected chi connectivity index (χ3v) is 3.04. The van der Waals surface area contributed by atoms with E-state index in [-0.39, 0.29) is 12.5 Å². The molecule has 2 rings (SSSR count). The number of carbonyl (C=O) groups is 1. The van der Waals surface area contributed by atoms with Crippen molar-refractivity contribution in [2.24, 2.45) is 5.73 Å². The van der Waals surface area contributed by atoms with Gasteiger partial charge in [0, 0.05) is 12.6 Å². The first kappa shape index (κ1) is 13.0. The van der Waals surface area contributed by atoms with Crippen molar-refractivity contribution in [3.05, 3.63) is 11.9 Å². The third kappa shape index (κ3) is 3.27. The molecule has 3 unspecified atom stereocenters. The number of hydrogen-bond acceptors (Lipinski definition) is 5. The molecule has 3 atom stereocenters. The van der Waals surface area contributed by atoms with Gasteiger partial charge in [-0.1, -0.05) is 5.21 Å². The summed E-state index contributed by atoms with van der Waals surface area (Å²) in [6.07, 6.45) is 4.48. The predicted octanol–water partition coefficient (Wildman–Crippen LogP) is -0.200. The van der Waals surface area contributed by atoms with Crippen molar-refractivity contribution < 1.29 is 14.6 Å².